The minimum absolute atomic E-state index is 1.04. The highest BCUT2D eigenvalue weighted by atomic mass is 32.1. The maximum Gasteiger partial charge on any atom is 0.127 e. The Kier molecular flexibility index (Phi) is 4.10. The Bertz CT molecular complexity index is 2670. The molecule has 5 aromatic heterocycles. The first-order chi connectivity index (χ1) is 19.9. The molecule has 0 saturated carbocycles. The van der Waals surface area contributed by atoms with Crippen LogP contribution in [0.4, 0.5) is 0 Å². The molecule has 0 spiro atoms. The predicted molar refractivity (Wildman–Crippen MR) is 175 cm³/mol. The third kappa shape index (κ3) is 2.59. The standard InChI is InChI=1S/C34H17N3S3/c1-4-12-23-20(9-1)29-30(37(23)24-13-7-11-19-18-8-2-5-14-25(18)38-31(19)24)33-27(21-10-3-6-15-26(21)39-33)28-22-16-35-17-36-34(22)40-32(28)29/h1-17H. The molecule has 10 rings (SSSR count). The number of nitrogens with zero attached hydrogens (tertiary/aromatic N) is 3. The van der Waals surface area contributed by atoms with Gasteiger partial charge in [-0.1, -0.05) is 66.7 Å². The van der Waals surface area contributed by atoms with E-state index in [2.05, 4.69) is 101 Å². The summed E-state index contributed by atoms with van der Waals surface area (Å²) in [7, 11) is 0. The van der Waals surface area contributed by atoms with Crippen LogP contribution in [0.15, 0.2) is 104 Å². The van der Waals surface area contributed by atoms with Crippen molar-refractivity contribution < 1.29 is 0 Å². The molecule has 0 unspecified atom stereocenters. The molecular weight excluding hydrogens is 547 g/mol. The van der Waals surface area contributed by atoms with Gasteiger partial charge in [-0.25, -0.2) is 9.97 Å². The molecule has 0 atom stereocenters. The van der Waals surface area contributed by atoms with Crippen molar-refractivity contribution in [1.82, 2.24) is 14.5 Å². The van der Waals surface area contributed by atoms with Gasteiger partial charge in [0.05, 0.1) is 26.1 Å². The Hall–Kier alpha value is -4.36. The SMILES string of the molecule is c1ccc2c(c1)sc1c(-n3c4ccccc4c4c5sc6ncncc6c5c5c6ccccc6sc5c43)cccc12. The average molecular weight is 564 g/mol. The number of benzene rings is 5. The number of para-hydroxylation sites is 1. The third-order valence-corrected chi connectivity index (χ3v) is 11.7. The molecule has 186 valence electrons. The van der Waals surface area contributed by atoms with E-state index < -0.39 is 0 Å². The lowest BCUT2D eigenvalue weighted by Gasteiger charge is -2.10. The summed E-state index contributed by atoms with van der Waals surface area (Å²) < 4.78 is 9.10. The molecule has 6 heteroatoms. The van der Waals surface area contributed by atoms with Crippen molar-refractivity contribution in [1.29, 1.82) is 0 Å². The maximum absolute atomic E-state index is 4.71. The Balaban J connectivity index is 1.54. The summed E-state index contributed by atoms with van der Waals surface area (Å²) in [6.45, 7) is 0. The van der Waals surface area contributed by atoms with E-state index in [0.717, 1.165) is 10.2 Å². The lowest BCUT2D eigenvalue weighted by molar-refractivity contribution is 1.21. The minimum atomic E-state index is 1.04. The highest BCUT2D eigenvalue weighted by Crippen LogP contribution is 2.52. The quantitative estimate of drug-likeness (QED) is 0.199. The second kappa shape index (κ2) is 7.64. The van der Waals surface area contributed by atoms with E-state index in [-0.39, 0.29) is 0 Å². The van der Waals surface area contributed by atoms with Crippen LogP contribution in [-0.4, -0.2) is 14.5 Å². The van der Waals surface area contributed by atoms with Crippen molar-refractivity contribution in [3.05, 3.63) is 104 Å². The maximum atomic E-state index is 4.71. The van der Waals surface area contributed by atoms with Crippen LogP contribution in [0.3, 0.4) is 0 Å². The van der Waals surface area contributed by atoms with Gasteiger partial charge in [-0.3, -0.25) is 0 Å². The average Bonchev–Trinajstić information content (AvgIpc) is 3.75. The van der Waals surface area contributed by atoms with Crippen molar-refractivity contribution in [3.8, 4) is 5.69 Å². The topological polar surface area (TPSA) is 30.7 Å². The number of hydrogen-bond donors (Lipinski definition) is 0. The fraction of sp³-hybridized carbons (Fsp3) is 0. The van der Waals surface area contributed by atoms with E-state index in [0.29, 0.717) is 0 Å². The zero-order valence-corrected chi connectivity index (χ0v) is 23.3. The van der Waals surface area contributed by atoms with Crippen LogP contribution in [0.2, 0.25) is 0 Å². The largest absolute Gasteiger partial charge is 0.306 e. The molecule has 0 radical (unpaired) electrons. The van der Waals surface area contributed by atoms with Crippen LogP contribution in [0.1, 0.15) is 0 Å². The summed E-state index contributed by atoms with van der Waals surface area (Å²) in [5, 5.41) is 10.3. The molecule has 0 N–H and O–H groups in total. The highest BCUT2D eigenvalue weighted by Gasteiger charge is 2.25. The highest BCUT2D eigenvalue weighted by molar-refractivity contribution is 7.29. The van der Waals surface area contributed by atoms with Gasteiger partial charge in [0.1, 0.15) is 11.2 Å². The molecule has 0 saturated heterocycles. The van der Waals surface area contributed by atoms with Gasteiger partial charge < -0.3 is 4.57 Å². The number of rotatable bonds is 1. The van der Waals surface area contributed by atoms with Crippen LogP contribution in [-0.2, 0) is 0 Å². The van der Waals surface area contributed by atoms with Gasteiger partial charge in [-0.2, -0.15) is 0 Å². The Morgan fingerprint density at radius 3 is 2.12 bits per heavy atom. The Morgan fingerprint density at radius 1 is 0.525 bits per heavy atom. The van der Waals surface area contributed by atoms with Gasteiger partial charge in [-0.05, 0) is 24.3 Å². The summed E-state index contributed by atoms with van der Waals surface area (Å²) in [4.78, 5) is 10.2. The van der Waals surface area contributed by atoms with E-state index >= 15 is 0 Å². The molecular formula is C34H17N3S3. The molecule has 40 heavy (non-hydrogen) atoms. The predicted octanol–water partition coefficient (Wildman–Crippen LogP) is 10.7. The van der Waals surface area contributed by atoms with E-state index in [9.17, 15) is 0 Å². The van der Waals surface area contributed by atoms with Crippen LogP contribution in [0.5, 0.6) is 0 Å². The molecule has 0 fully saturated rings. The van der Waals surface area contributed by atoms with Gasteiger partial charge in [0.25, 0.3) is 0 Å². The van der Waals surface area contributed by atoms with E-state index in [1.165, 1.54) is 77.9 Å². The van der Waals surface area contributed by atoms with Gasteiger partial charge in [0.2, 0.25) is 0 Å². The lowest BCUT2D eigenvalue weighted by atomic mass is 10.0. The zero-order valence-electron chi connectivity index (χ0n) is 20.9. The van der Waals surface area contributed by atoms with Crippen LogP contribution < -0.4 is 0 Å². The number of aromatic nitrogens is 3. The van der Waals surface area contributed by atoms with Crippen molar-refractivity contribution in [2.75, 3.05) is 0 Å². The van der Waals surface area contributed by atoms with E-state index in [1.54, 1.807) is 17.7 Å². The van der Waals surface area contributed by atoms with Crippen LogP contribution in [0.25, 0.3) is 88.1 Å². The number of thiophene rings is 3. The van der Waals surface area contributed by atoms with E-state index in [4.69, 9.17) is 4.98 Å². The van der Waals surface area contributed by atoms with Crippen molar-refractivity contribution >= 4 is 116 Å². The van der Waals surface area contributed by atoms with Crippen molar-refractivity contribution in [2.24, 2.45) is 0 Å². The molecule has 3 nitrogen and oxygen atoms in total. The summed E-state index contributed by atoms with van der Waals surface area (Å²) in [6, 6.07) is 33.3. The molecule has 0 bridgehead atoms. The first-order valence-corrected chi connectivity index (χ1v) is 15.6. The molecule has 0 aliphatic heterocycles. The van der Waals surface area contributed by atoms with Crippen LogP contribution >= 0.6 is 34.0 Å². The van der Waals surface area contributed by atoms with Gasteiger partial charge in [0, 0.05) is 63.4 Å². The van der Waals surface area contributed by atoms with Gasteiger partial charge >= 0.3 is 0 Å². The molecule has 5 heterocycles. The molecule has 10 aromatic rings. The van der Waals surface area contributed by atoms with Crippen molar-refractivity contribution in [3.63, 3.8) is 0 Å². The summed E-state index contributed by atoms with van der Waals surface area (Å²) in [5.41, 5.74) is 3.76. The zero-order chi connectivity index (χ0) is 25.9. The molecule has 0 amide bonds. The minimum Gasteiger partial charge on any atom is -0.306 e. The third-order valence-electron chi connectivity index (χ3n) is 8.16. The van der Waals surface area contributed by atoms with E-state index in [1.807, 2.05) is 28.9 Å². The summed E-state index contributed by atoms with van der Waals surface area (Å²) >= 11 is 5.58. The summed E-state index contributed by atoms with van der Waals surface area (Å²) in [5.74, 6) is 0. The smallest absolute Gasteiger partial charge is 0.127 e. The number of hydrogen-bond acceptors (Lipinski definition) is 5. The Morgan fingerprint density at radius 2 is 1.23 bits per heavy atom. The lowest BCUT2D eigenvalue weighted by Crippen LogP contribution is -1.94. The van der Waals surface area contributed by atoms with Crippen LogP contribution in [0, 0.1) is 0 Å². The monoisotopic (exact) mass is 563 g/mol. The van der Waals surface area contributed by atoms with Crippen molar-refractivity contribution in [2.45, 2.75) is 0 Å². The first kappa shape index (κ1) is 21.5. The summed E-state index contributed by atoms with van der Waals surface area (Å²) in [6.07, 6.45) is 3.67. The second-order valence-electron chi connectivity index (χ2n) is 10.2. The fourth-order valence-corrected chi connectivity index (χ4v) is 10.2. The molecule has 0 aliphatic rings. The normalized spacial score (nSPS) is 12.5. The second-order valence-corrected chi connectivity index (χ2v) is 13.3. The van der Waals surface area contributed by atoms with Gasteiger partial charge in [0.15, 0.2) is 0 Å². The Labute approximate surface area is 239 Å². The number of fused-ring (bicyclic) bond motifs is 15. The molecule has 5 aromatic carbocycles. The first-order valence-electron chi connectivity index (χ1n) is 13.2. The fourth-order valence-electron chi connectivity index (χ4n) is 6.57. The molecule has 0 aliphatic carbocycles. The van der Waals surface area contributed by atoms with Gasteiger partial charge in [-0.15, -0.1) is 34.0 Å².